The molecule has 7 N–H and O–H groups in total. The topological polar surface area (TPSA) is 168 Å². The van der Waals surface area contributed by atoms with Crippen molar-refractivity contribution in [1.29, 1.82) is 0 Å². The Morgan fingerprint density at radius 3 is 2.39 bits per heavy atom. The fourth-order valence-corrected chi connectivity index (χ4v) is 1.70. The quantitative estimate of drug-likeness (QED) is 0.268. The second kappa shape index (κ2) is 5.45. The van der Waals surface area contributed by atoms with E-state index in [1.807, 2.05) is 0 Å². The van der Waals surface area contributed by atoms with Gasteiger partial charge in [0.2, 0.25) is 0 Å². The van der Waals surface area contributed by atoms with Gasteiger partial charge in [-0.1, -0.05) is 0 Å². The molecule has 0 aromatic heterocycles. The first-order valence-electron chi connectivity index (χ1n) is 5.19. The molecule has 0 aromatic rings. The van der Waals surface area contributed by atoms with Gasteiger partial charge in [-0.3, -0.25) is 0 Å². The Morgan fingerprint density at radius 1 is 1.39 bits per heavy atom. The van der Waals surface area contributed by atoms with Gasteiger partial charge in [-0.15, -0.1) is 0 Å². The van der Waals surface area contributed by atoms with E-state index in [-0.39, 0.29) is 0 Å². The lowest BCUT2D eigenvalue weighted by molar-refractivity contribution is -0.312. The molecule has 0 aromatic carbocycles. The number of aliphatic hydroxyl groups excluding tert-OH is 5. The number of aliphatic hydroxyl groups is 6. The zero-order valence-corrected chi connectivity index (χ0v) is 9.25. The van der Waals surface area contributed by atoms with Gasteiger partial charge in [-0.25, -0.2) is 4.79 Å². The van der Waals surface area contributed by atoms with E-state index in [2.05, 4.69) is 4.74 Å². The summed E-state index contributed by atoms with van der Waals surface area (Å²) < 4.78 is 4.63. The normalized spacial score (nSPS) is 40.2. The van der Waals surface area contributed by atoms with E-state index in [0.29, 0.717) is 0 Å². The molecule has 0 aliphatic carbocycles. The fraction of sp³-hybridized carbons (Fsp3) is 0.889. The van der Waals surface area contributed by atoms with Crippen molar-refractivity contribution in [2.75, 3.05) is 6.61 Å². The highest BCUT2D eigenvalue weighted by molar-refractivity contribution is 5.75. The van der Waals surface area contributed by atoms with Crippen molar-refractivity contribution in [2.24, 2.45) is 0 Å². The molecular formula is C9H16O9. The van der Waals surface area contributed by atoms with Crippen molar-refractivity contribution in [3.05, 3.63) is 0 Å². The maximum atomic E-state index is 10.8. The first-order chi connectivity index (χ1) is 8.23. The molecule has 1 heterocycles. The summed E-state index contributed by atoms with van der Waals surface area (Å²) in [4.78, 5) is 10.8. The average Bonchev–Trinajstić information content (AvgIpc) is 2.31. The number of carboxylic acids is 1. The maximum absolute atomic E-state index is 10.8. The summed E-state index contributed by atoms with van der Waals surface area (Å²) in [6.07, 6.45) is -9.50. The highest BCUT2D eigenvalue weighted by Crippen LogP contribution is 2.30. The van der Waals surface area contributed by atoms with Crippen LogP contribution in [-0.2, 0) is 9.53 Å². The Morgan fingerprint density at radius 2 is 1.94 bits per heavy atom. The van der Waals surface area contributed by atoms with Crippen LogP contribution in [0.1, 0.15) is 6.42 Å². The first kappa shape index (κ1) is 15.2. The SMILES string of the molecule is O=C(O)C1(O)C[C@H](O)[C@H](O)[C@H]([C@@H](O)[C@H](O)CO)O1. The second-order valence-electron chi connectivity index (χ2n) is 4.17. The van der Waals surface area contributed by atoms with Crippen LogP contribution in [0.5, 0.6) is 0 Å². The maximum Gasteiger partial charge on any atom is 0.364 e. The number of hydrogen-bond donors (Lipinski definition) is 7. The fourth-order valence-electron chi connectivity index (χ4n) is 1.70. The number of aliphatic carboxylic acids is 1. The van der Waals surface area contributed by atoms with Crippen LogP contribution in [0.15, 0.2) is 0 Å². The zero-order chi connectivity index (χ0) is 14.1. The smallest absolute Gasteiger partial charge is 0.364 e. The molecule has 1 saturated heterocycles. The third-order valence-electron chi connectivity index (χ3n) is 2.80. The van der Waals surface area contributed by atoms with Crippen LogP contribution in [0, 0.1) is 0 Å². The highest BCUT2D eigenvalue weighted by Gasteiger charge is 2.53. The number of rotatable bonds is 4. The van der Waals surface area contributed by atoms with Crippen LogP contribution < -0.4 is 0 Å². The molecule has 0 spiro atoms. The van der Waals surface area contributed by atoms with Crippen molar-refractivity contribution in [3.8, 4) is 0 Å². The first-order valence-corrected chi connectivity index (χ1v) is 5.19. The van der Waals surface area contributed by atoms with Gasteiger partial charge >= 0.3 is 5.97 Å². The van der Waals surface area contributed by atoms with E-state index >= 15 is 0 Å². The largest absolute Gasteiger partial charge is 0.477 e. The minimum absolute atomic E-state index is 0.790. The molecule has 6 atom stereocenters. The molecule has 0 bridgehead atoms. The molecule has 0 saturated carbocycles. The summed E-state index contributed by atoms with van der Waals surface area (Å²) >= 11 is 0. The average molecular weight is 268 g/mol. The molecule has 1 fully saturated rings. The summed E-state index contributed by atoms with van der Waals surface area (Å²) in [6, 6.07) is 0. The molecule has 1 rings (SSSR count). The number of ether oxygens (including phenoxy) is 1. The molecule has 1 aliphatic heterocycles. The standard InChI is InChI=1S/C9H16O9/c10-2-4(12)6(14)7-5(13)3(11)1-9(17,18-7)8(15)16/h3-7,10-14,17H,1-2H2,(H,15,16)/t3-,4+,5-,6-,7+,9?/m0/s1. The van der Waals surface area contributed by atoms with Crippen molar-refractivity contribution in [2.45, 2.75) is 42.7 Å². The molecule has 1 unspecified atom stereocenters. The Kier molecular flexibility index (Phi) is 4.61. The molecule has 1 aliphatic rings. The van der Waals surface area contributed by atoms with E-state index in [1.165, 1.54) is 0 Å². The Bertz CT molecular complexity index is 308. The van der Waals surface area contributed by atoms with Crippen molar-refractivity contribution in [3.63, 3.8) is 0 Å². The highest BCUT2D eigenvalue weighted by atomic mass is 16.7. The lowest BCUT2D eigenvalue weighted by Crippen LogP contribution is -2.63. The van der Waals surface area contributed by atoms with Gasteiger partial charge in [0.15, 0.2) is 0 Å². The van der Waals surface area contributed by atoms with Gasteiger partial charge in [0.25, 0.3) is 5.79 Å². The van der Waals surface area contributed by atoms with Gasteiger partial charge in [0, 0.05) is 6.42 Å². The number of hydrogen-bond acceptors (Lipinski definition) is 8. The summed E-state index contributed by atoms with van der Waals surface area (Å²) in [7, 11) is 0. The van der Waals surface area contributed by atoms with Crippen molar-refractivity contribution < 1.29 is 45.3 Å². The van der Waals surface area contributed by atoms with E-state index in [4.69, 9.17) is 10.2 Å². The van der Waals surface area contributed by atoms with Gasteiger partial charge < -0.3 is 40.5 Å². The van der Waals surface area contributed by atoms with Gasteiger partial charge in [-0.2, -0.15) is 0 Å². The summed E-state index contributed by atoms with van der Waals surface area (Å²) in [5.74, 6) is -4.58. The van der Waals surface area contributed by atoms with Crippen molar-refractivity contribution >= 4 is 5.97 Å². The Labute approximate surface area is 101 Å². The van der Waals surface area contributed by atoms with Crippen LogP contribution in [0.3, 0.4) is 0 Å². The minimum Gasteiger partial charge on any atom is -0.477 e. The molecule has 0 amide bonds. The predicted molar refractivity (Wildman–Crippen MR) is 53.2 cm³/mol. The van der Waals surface area contributed by atoms with Crippen LogP contribution in [-0.4, -0.2) is 84.6 Å². The number of carbonyl (C=O) groups is 1. The van der Waals surface area contributed by atoms with E-state index < -0.39 is 55.3 Å². The monoisotopic (exact) mass is 268 g/mol. The van der Waals surface area contributed by atoms with Crippen LogP contribution in [0.25, 0.3) is 0 Å². The van der Waals surface area contributed by atoms with Crippen LogP contribution >= 0.6 is 0 Å². The third kappa shape index (κ3) is 2.78. The third-order valence-corrected chi connectivity index (χ3v) is 2.80. The lowest BCUT2D eigenvalue weighted by atomic mass is 9.91. The number of carboxylic acid groups (broad SMARTS) is 1. The van der Waals surface area contributed by atoms with Gasteiger partial charge in [0.05, 0.1) is 12.7 Å². The van der Waals surface area contributed by atoms with Crippen molar-refractivity contribution in [1.82, 2.24) is 0 Å². The summed E-state index contributed by atoms with van der Waals surface area (Å²) in [5.41, 5.74) is 0. The predicted octanol–water partition coefficient (Wildman–Crippen LogP) is -4.02. The molecule has 18 heavy (non-hydrogen) atoms. The van der Waals surface area contributed by atoms with Crippen LogP contribution in [0.2, 0.25) is 0 Å². The molecule has 106 valence electrons. The molecule has 9 nitrogen and oxygen atoms in total. The summed E-state index contributed by atoms with van der Waals surface area (Å²) in [6.45, 7) is -0.866. The van der Waals surface area contributed by atoms with Gasteiger partial charge in [-0.05, 0) is 0 Å². The van der Waals surface area contributed by atoms with E-state index in [9.17, 15) is 30.3 Å². The molecule has 0 radical (unpaired) electrons. The minimum atomic E-state index is -2.78. The van der Waals surface area contributed by atoms with Crippen LogP contribution in [0.4, 0.5) is 0 Å². The molecule has 9 heteroatoms. The Balaban J connectivity index is 2.92. The molecular weight excluding hydrogens is 252 g/mol. The second-order valence-corrected chi connectivity index (χ2v) is 4.17. The Hall–Kier alpha value is -0.810. The van der Waals surface area contributed by atoms with E-state index in [1.54, 1.807) is 0 Å². The summed E-state index contributed by atoms with van der Waals surface area (Å²) in [5, 5.41) is 64.6. The van der Waals surface area contributed by atoms with E-state index in [0.717, 1.165) is 0 Å². The zero-order valence-electron chi connectivity index (χ0n) is 9.25. The van der Waals surface area contributed by atoms with Gasteiger partial charge in [0.1, 0.15) is 24.4 Å². The lowest BCUT2D eigenvalue weighted by Gasteiger charge is -2.42.